The van der Waals surface area contributed by atoms with Crippen LogP contribution in [0.5, 0.6) is 0 Å². The minimum atomic E-state index is -1.65. The van der Waals surface area contributed by atoms with Gasteiger partial charge in [0, 0.05) is 18.3 Å². The molecule has 0 aromatic carbocycles. The maximum Gasteiger partial charge on any atom is 0.332 e. The maximum atomic E-state index is 11.7. The van der Waals surface area contributed by atoms with Gasteiger partial charge in [-0.15, -0.1) is 0 Å². The van der Waals surface area contributed by atoms with Gasteiger partial charge < -0.3 is 4.74 Å². The largest absolute Gasteiger partial charge is 0.465 e. The van der Waals surface area contributed by atoms with Crippen LogP contribution in [0.4, 0.5) is 5.69 Å². The van der Waals surface area contributed by atoms with E-state index in [1.807, 2.05) is 0 Å². The summed E-state index contributed by atoms with van der Waals surface area (Å²) in [6, 6.07) is 4.07. The Balaban J connectivity index is 3.25. The van der Waals surface area contributed by atoms with Crippen molar-refractivity contribution in [2.45, 2.75) is 19.3 Å². The minimum Gasteiger partial charge on any atom is -0.465 e. The fourth-order valence-corrected chi connectivity index (χ4v) is 1.29. The van der Waals surface area contributed by atoms with E-state index >= 15 is 0 Å². The number of nitro groups is 1. The van der Waals surface area contributed by atoms with Crippen molar-refractivity contribution in [1.29, 1.82) is 5.26 Å². The molecule has 0 saturated carbocycles. The number of carbonyl (C=O) groups excluding carboxylic acids is 1. The van der Waals surface area contributed by atoms with Gasteiger partial charge in [0.2, 0.25) is 0 Å². The first kappa shape index (κ1) is 13.6. The van der Waals surface area contributed by atoms with Gasteiger partial charge in [-0.1, -0.05) is 0 Å². The molecule has 0 amide bonds. The molecule has 1 rings (SSSR count). The molecule has 1 aromatic heterocycles. The van der Waals surface area contributed by atoms with Gasteiger partial charge in [-0.2, -0.15) is 5.26 Å². The lowest BCUT2D eigenvalue weighted by molar-refractivity contribution is -0.385. The fourth-order valence-electron chi connectivity index (χ4n) is 1.29. The number of esters is 1. The second kappa shape index (κ2) is 5.23. The topological polar surface area (TPSA) is 106 Å². The highest BCUT2D eigenvalue weighted by atomic mass is 16.6. The van der Waals surface area contributed by atoms with Crippen LogP contribution in [0.1, 0.15) is 19.5 Å². The van der Waals surface area contributed by atoms with Crippen LogP contribution in [-0.2, 0) is 14.9 Å². The molecule has 0 aliphatic carbocycles. The number of aromatic nitrogens is 1. The van der Waals surface area contributed by atoms with Gasteiger partial charge in [-0.25, -0.2) is 4.79 Å². The highest BCUT2D eigenvalue weighted by Crippen LogP contribution is 2.25. The molecule has 94 valence electrons. The predicted molar refractivity (Wildman–Crippen MR) is 60.5 cm³/mol. The lowest BCUT2D eigenvalue weighted by Crippen LogP contribution is -2.33. The Morgan fingerprint density at radius 1 is 1.72 bits per heavy atom. The fraction of sp³-hybridized carbons (Fsp3) is 0.364. The highest BCUT2D eigenvalue weighted by Gasteiger charge is 2.39. The molecule has 1 atom stereocenters. The smallest absolute Gasteiger partial charge is 0.332 e. The van der Waals surface area contributed by atoms with Crippen molar-refractivity contribution in [2.75, 3.05) is 6.61 Å². The first-order chi connectivity index (χ1) is 8.45. The van der Waals surface area contributed by atoms with Crippen LogP contribution in [0.25, 0.3) is 0 Å². The number of rotatable bonds is 4. The zero-order valence-electron chi connectivity index (χ0n) is 9.91. The molecule has 7 heteroatoms. The Morgan fingerprint density at radius 3 is 2.89 bits per heavy atom. The molecule has 0 bridgehead atoms. The number of hydrogen-bond donors (Lipinski definition) is 0. The maximum absolute atomic E-state index is 11.7. The van der Waals surface area contributed by atoms with Crippen LogP contribution in [0, 0.1) is 21.4 Å². The van der Waals surface area contributed by atoms with E-state index in [2.05, 4.69) is 4.98 Å². The lowest BCUT2D eigenvalue weighted by atomic mass is 9.88. The van der Waals surface area contributed by atoms with Crippen LogP contribution in [0.3, 0.4) is 0 Å². The van der Waals surface area contributed by atoms with Crippen molar-refractivity contribution >= 4 is 11.7 Å². The van der Waals surface area contributed by atoms with E-state index in [9.17, 15) is 14.9 Å². The van der Waals surface area contributed by atoms with E-state index in [4.69, 9.17) is 10.00 Å². The summed E-state index contributed by atoms with van der Waals surface area (Å²) in [7, 11) is 0. The van der Waals surface area contributed by atoms with Crippen LogP contribution in [0.15, 0.2) is 18.3 Å². The van der Waals surface area contributed by atoms with Crippen molar-refractivity contribution in [3.8, 4) is 6.07 Å². The Morgan fingerprint density at radius 2 is 2.39 bits per heavy atom. The standard InChI is InChI=1S/C11H11N3O4/c1-3-18-10(15)11(2,7-12)9-6-8(14(16)17)4-5-13-9/h4-6H,3H2,1-2H3. The first-order valence-electron chi connectivity index (χ1n) is 5.15. The molecule has 1 heterocycles. The normalized spacial score (nSPS) is 13.2. The number of carbonyl (C=O) groups is 1. The Labute approximate surface area is 103 Å². The summed E-state index contributed by atoms with van der Waals surface area (Å²) < 4.78 is 4.78. The lowest BCUT2D eigenvalue weighted by Gasteiger charge is -2.18. The zero-order chi connectivity index (χ0) is 13.8. The van der Waals surface area contributed by atoms with Crippen molar-refractivity contribution in [2.24, 2.45) is 0 Å². The van der Waals surface area contributed by atoms with E-state index in [1.165, 1.54) is 19.2 Å². The van der Waals surface area contributed by atoms with Gasteiger partial charge in [-0.05, 0) is 13.8 Å². The molecule has 0 spiro atoms. The Bertz CT molecular complexity index is 523. The van der Waals surface area contributed by atoms with E-state index < -0.39 is 16.3 Å². The highest BCUT2D eigenvalue weighted by molar-refractivity contribution is 5.85. The van der Waals surface area contributed by atoms with Crippen molar-refractivity contribution < 1.29 is 14.5 Å². The zero-order valence-corrected chi connectivity index (χ0v) is 9.91. The van der Waals surface area contributed by atoms with E-state index in [0.717, 1.165) is 6.07 Å². The monoisotopic (exact) mass is 249 g/mol. The van der Waals surface area contributed by atoms with E-state index in [0.29, 0.717) is 0 Å². The number of hydrogen-bond acceptors (Lipinski definition) is 6. The van der Waals surface area contributed by atoms with Gasteiger partial charge in [0.15, 0.2) is 5.41 Å². The number of nitriles is 1. The van der Waals surface area contributed by atoms with Crippen molar-refractivity contribution in [3.63, 3.8) is 0 Å². The molecule has 1 unspecified atom stereocenters. The minimum absolute atomic E-state index is 0.00218. The summed E-state index contributed by atoms with van der Waals surface area (Å²) in [5.74, 6) is -0.777. The van der Waals surface area contributed by atoms with Gasteiger partial charge >= 0.3 is 5.97 Å². The summed E-state index contributed by atoms with van der Waals surface area (Å²) >= 11 is 0. The Hall–Kier alpha value is -2.49. The molecule has 0 fully saturated rings. The van der Waals surface area contributed by atoms with E-state index in [1.54, 1.807) is 13.0 Å². The van der Waals surface area contributed by atoms with Crippen LogP contribution < -0.4 is 0 Å². The van der Waals surface area contributed by atoms with Crippen molar-refractivity contribution in [1.82, 2.24) is 4.98 Å². The Kier molecular flexibility index (Phi) is 3.94. The predicted octanol–water partition coefficient (Wildman–Crippen LogP) is 1.33. The number of pyridine rings is 1. The molecule has 0 saturated heterocycles. The quantitative estimate of drug-likeness (QED) is 0.452. The first-order valence-corrected chi connectivity index (χ1v) is 5.15. The SMILES string of the molecule is CCOC(=O)C(C)(C#N)c1cc([N+](=O)[O-])ccn1. The summed E-state index contributed by atoms with van der Waals surface area (Å²) in [6.07, 6.45) is 1.18. The van der Waals surface area contributed by atoms with Crippen LogP contribution in [-0.4, -0.2) is 22.5 Å². The van der Waals surface area contributed by atoms with Gasteiger partial charge in [0.05, 0.1) is 23.3 Å². The third-order valence-corrected chi connectivity index (χ3v) is 2.37. The molecule has 0 radical (unpaired) electrons. The van der Waals surface area contributed by atoms with Gasteiger partial charge in [0.1, 0.15) is 0 Å². The molecule has 0 N–H and O–H groups in total. The number of nitrogens with zero attached hydrogens (tertiary/aromatic N) is 3. The van der Waals surface area contributed by atoms with Crippen LogP contribution in [0.2, 0.25) is 0 Å². The third kappa shape index (κ3) is 2.43. The summed E-state index contributed by atoms with van der Waals surface area (Å²) in [4.78, 5) is 25.6. The average molecular weight is 249 g/mol. The molecular formula is C11H11N3O4. The average Bonchev–Trinajstić information content (AvgIpc) is 2.38. The molecule has 0 aliphatic heterocycles. The van der Waals surface area contributed by atoms with E-state index in [-0.39, 0.29) is 18.0 Å². The van der Waals surface area contributed by atoms with Gasteiger partial charge in [-0.3, -0.25) is 15.1 Å². The third-order valence-electron chi connectivity index (χ3n) is 2.37. The summed E-state index contributed by atoms with van der Waals surface area (Å²) in [6.45, 7) is 3.04. The molecule has 0 aliphatic rings. The summed E-state index contributed by atoms with van der Waals surface area (Å²) in [5.41, 5.74) is -1.88. The number of ether oxygens (including phenoxy) is 1. The second-order valence-corrected chi connectivity index (χ2v) is 3.61. The molecule has 18 heavy (non-hydrogen) atoms. The molecule has 7 nitrogen and oxygen atoms in total. The molecular weight excluding hydrogens is 238 g/mol. The van der Waals surface area contributed by atoms with Crippen molar-refractivity contribution in [3.05, 3.63) is 34.1 Å². The van der Waals surface area contributed by atoms with Gasteiger partial charge in [0.25, 0.3) is 5.69 Å². The molecule has 1 aromatic rings. The van der Waals surface area contributed by atoms with Crippen LogP contribution >= 0.6 is 0 Å². The second-order valence-electron chi connectivity index (χ2n) is 3.61. The summed E-state index contributed by atoms with van der Waals surface area (Å²) in [5, 5.41) is 19.7.